The number of carbonyl (C=O) groups is 2. The third-order valence-electron chi connectivity index (χ3n) is 4.87. The lowest BCUT2D eigenvalue weighted by Gasteiger charge is -2.32. The lowest BCUT2D eigenvalue weighted by Crippen LogP contribution is -2.46. The van der Waals surface area contributed by atoms with Crippen LogP contribution < -0.4 is 10.2 Å². The number of carbonyl (C=O) groups excluding carboxylic acids is 2. The number of benzene rings is 2. The predicted molar refractivity (Wildman–Crippen MR) is 111 cm³/mol. The highest BCUT2D eigenvalue weighted by Crippen LogP contribution is 2.21. The Kier molecular flexibility index (Phi) is 6.16. The highest BCUT2D eigenvalue weighted by atomic mass is 79.9. The summed E-state index contributed by atoms with van der Waals surface area (Å²) >= 11 is 3.44. The van der Waals surface area contributed by atoms with Gasteiger partial charge < -0.3 is 15.1 Å². The fourth-order valence-electron chi connectivity index (χ4n) is 3.21. The standard InChI is InChI=1S/C21H24BrN3O2/c1-24(2)17-9-7-15(8-10-17)20(26)23-16-11-13-25(14-12-16)21(27)18-5-3-4-6-19(18)22/h3-10,16H,11-14H2,1-2H3,(H,23,26). The quantitative estimate of drug-likeness (QED) is 0.808. The van der Waals surface area contributed by atoms with Crippen LogP contribution in [0.5, 0.6) is 0 Å². The Hall–Kier alpha value is -2.34. The number of hydrogen-bond acceptors (Lipinski definition) is 3. The fraction of sp³-hybridized carbons (Fsp3) is 0.333. The van der Waals surface area contributed by atoms with Gasteiger partial charge in [-0.15, -0.1) is 0 Å². The van der Waals surface area contributed by atoms with E-state index in [0.29, 0.717) is 24.2 Å². The molecule has 0 atom stereocenters. The van der Waals surface area contributed by atoms with E-state index in [1.54, 1.807) is 0 Å². The fourth-order valence-corrected chi connectivity index (χ4v) is 3.67. The largest absolute Gasteiger partial charge is 0.378 e. The molecule has 1 saturated heterocycles. The van der Waals surface area contributed by atoms with Gasteiger partial charge in [-0.3, -0.25) is 9.59 Å². The van der Waals surface area contributed by atoms with E-state index in [2.05, 4.69) is 21.2 Å². The van der Waals surface area contributed by atoms with Crippen LogP contribution in [0, 0.1) is 0 Å². The molecule has 2 aromatic rings. The Morgan fingerprint density at radius 3 is 2.26 bits per heavy atom. The molecule has 6 heteroatoms. The predicted octanol–water partition coefficient (Wildman–Crippen LogP) is 3.55. The second kappa shape index (κ2) is 8.57. The molecule has 0 unspecified atom stereocenters. The van der Waals surface area contributed by atoms with Gasteiger partial charge in [0.15, 0.2) is 0 Å². The first-order valence-electron chi connectivity index (χ1n) is 9.08. The van der Waals surface area contributed by atoms with Gasteiger partial charge in [0.05, 0.1) is 5.56 Å². The van der Waals surface area contributed by atoms with Crippen molar-refractivity contribution < 1.29 is 9.59 Å². The van der Waals surface area contributed by atoms with Crippen molar-refractivity contribution in [2.45, 2.75) is 18.9 Å². The van der Waals surface area contributed by atoms with Crippen molar-refractivity contribution in [3.63, 3.8) is 0 Å². The molecule has 0 spiro atoms. The molecule has 0 aliphatic carbocycles. The van der Waals surface area contributed by atoms with Crippen LogP contribution in [0.25, 0.3) is 0 Å². The number of halogens is 1. The third-order valence-corrected chi connectivity index (χ3v) is 5.56. The van der Waals surface area contributed by atoms with E-state index in [1.165, 1.54) is 0 Å². The Balaban J connectivity index is 1.54. The molecule has 2 amide bonds. The van der Waals surface area contributed by atoms with Gasteiger partial charge in [-0.25, -0.2) is 0 Å². The first-order valence-corrected chi connectivity index (χ1v) is 9.87. The van der Waals surface area contributed by atoms with E-state index in [-0.39, 0.29) is 17.9 Å². The number of anilines is 1. The van der Waals surface area contributed by atoms with E-state index in [9.17, 15) is 9.59 Å². The second-order valence-electron chi connectivity index (χ2n) is 6.96. The van der Waals surface area contributed by atoms with Gasteiger partial charge in [0.25, 0.3) is 11.8 Å². The molecule has 0 saturated carbocycles. The summed E-state index contributed by atoms with van der Waals surface area (Å²) in [5, 5.41) is 3.09. The van der Waals surface area contributed by atoms with E-state index >= 15 is 0 Å². The van der Waals surface area contributed by atoms with Gasteiger partial charge in [-0.05, 0) is 65.2 Å². The minimum atomic E-state index is -0.0594. The molecule has 1 aliphatic heterocycles. The monoisotopic (exact) mass is 429 g/mol. The van der Waals surface area contributed by atoms with Crippen LogP contribution in [-0.2, 0) is 0 Å². The highest BCUT2D eigenvalue weighted by Gasteiger charge is 2.25. The maximum Gasteiger partial charge on any atom is 0.254 e. The molecule has 2 aromatic carbocycles. The zero-order valence-corrected chi connectivity index (χ0v) is 17.2. The van der Waals surface area contributed by atoms with Gasteiger partial charge in [-0.2, -0.15) is 0 Å². The topological polar surface area (TPSA) is 52.7 Å². The van der Waals surface area contributed by atoms with Crippen molar-refractivity contribution in [2.75, 3.05) is 32.1 Å². The van der Waals surface area contributed by atoms with E-state index in [4.69, 9.17) is 0 Å². The van der Waals surface area contributed by atoms with Crippen LogP contribution in [0.1, 0.15) is 33.6 Å². The number of amides is 2. The van der Waals surface area contributed by atoms with Crippen LogP contribution in [0.15, 0.2) is 53.0 Å². The second-order valence-corrected chi connectivity index (χ2v) is 7.82. The third kappa shape index (κ3) is 4.69. The lowest BCUT2D eigenvalue weighted by atomic mass is 10.0. The number of piperidine rings is 1. The molecule has 1 aliphatic rings. The zero-order valence-electron chi connectivity index (χ0n) is 15.6. The molecule has 0 bridgehead atoms. The molecule has 3 rings (SSSR count). The van der Waals surface area contributed by atoms with Crippen molar-refractivity contribution in [1.82, 2.24) is 10.2 Å². The molecule has 1 N–H and O–H groups in total. The first kappa shape index (κ1) is 19.4. The smallest absolute Gasteiger partial charge is 0.254 e. The van der Waals surface area contributed by atoms with Gasteiger partial charge >= 0.3 is 0 Å². The van der Waals surface area contributed by atoms with Crippen LogP contribution in [0.3, 0.4) is 0 Å². The Labute approximate surface area is 168 Å². The molecular formula is C21H24BrN3O2. The molecule has 0 aromatic heterocycles. The van der Waals surface area contributed by atoms with Crippen molar-refractivity contribution in [3.05, 3.63) is 64.1 Å². The maximum absolute atomic E-state index is 12.7. The number of nitrogens with zero attached hydrogens (tertiary/aromatic N) is 2. The Morgan fingerprint density at radius 1 is 1.04 bits per heavy atom. The molecule has 142 valence electrons. The number of nitrogens with one attached hydrogen (secondary N) is 1. The van der Waals surface area contributed by atoms with E-state index in [1.807, 2.05) is 72.4 Å². The maximum atomic E-state index is 12.7. The minimum absolute atomic E-state index is 0.0338. The summed E-state index contributed by atoms with van der Waals surface area (Å²) in [6.07, 6.45) is 1.52. The van der Waals surface area contributed by atoms with Crippen LogP contribution >= 0.6 is 15.9 Å². The summed E-state index contributed by atoms with van der Waals surface area (Å²) < 4.78 is 0.812. The summed E-state index contributed by atoms with van der Waals surface area (Å²) in [5.41, 5.74) is 2.40. The SMILES string of the molecule is CN(C)c1ccc(C(=O)NC2CCN(C(=O)c3ccccc3Br)CC2)cc1. The molecular weight excluding hydrogens is 406 g/mol. The van der Waals surface area contributed by atoms with E-state index < -0.39 is 0 Å². The van der Waals surface area contributed by atoms with Crippen LogP contribution in [0.4, 0.5) is 5.69 Å². The van der Waals surface area contributed by atoms with Gasteiger partial charge in [0, 0.05) is 49.0 Å². The average Bonchev–Trinajstić information content (AvgIpc) is 2.68. The number of rotatable bonds is 4. The summed E-state index contributed by atoms with van der Waals surface area (Å²) in [6, 6.07) is 15.1. The van der Waals surface area contributed by atoms with Crippen molar-refractivity contribution in [3.8, 4) is 0 Å². The molecule has 0 radical (unpaired) electrons. The first-order chi connectivity index (χ1) is 13.0. The van der Waals surface area contributed by atoms with E-state index in [0.717, 1.165) is 23.0 Å². The highest BCUT2D eigenvalue weighted by molar-refractivity contribution is 9.10. The van der Waals surface area contributed by atoms with Gasteiger partial charge in [-0.1, -0.05) is 12.1 Å². The van der Waals surface area contributed by atoms with Crippen molar-refractivity contribution in [1.29, 1.82) is 0 Å². The van der Waals surface area contributed by atoms with Gasteiger partial charge in [0.2, 0.25) is 0 Å². The van der Waals surface area contributed by atoms with Gasteiger partial charge in [0.1, 0.15) is 0 Å². The zero-order chi connectivity index (χ0) is 19.4. The summed E-state index contributed by atoms with van der Waals surface area (Å²) in [6.45, 7) is 1.29. The summed E-state index contributed by atoms with van der Waals surface area (Å²) in [7, 11) is 3.94. The van der Waals surface area contributed by atoms with Crippen molar-refractivity contribution >= 4 is 33.4 Å². The average molecular weight is 430 g/mol. The molecule has 5 nitrogen and oxygen atoms in total. The summed E-state index contributed by atoms with van der Waals surface area (Å²) in [5.74, 6) is -0.0255. The van der Waals surface area contributed by atoms with Crippen LogP contribution in [-0.4, -0.2) is 49.9 Å². The normalized spacial score (nSPS) is 14.7. The number of hydrogen-bond donors (Lipinski definition) is 1. The molecule has 27 heavy (non-hydrogen) atoms. The molecule has 1 fully saturated rings. The van der Waals surface area contributed by atoms with Crippen LogP contribution in [0.2, 0.25) is 0 Å². The lowest BCUT2D eigenvalue weighted by molar-refractivity contribution is 0.0697. The Morgan fingerprint density at radius 2 is 1.67 bits per heavy atom. The minimum Gasteiger partial charge on any atom is -0.378 e. The summed E-state index contributed by atoms with van der Waals surface area (Å²) in [4.78, 5) is 29.0. The van der Waals surface area contributed by atoms with Crippen molar-refractivity contribution in [2.24, 2.45) is 0 Å². The number of likely N-dealkylation sites (tertiary alicyclic amines) is 1. The Bertz CT molecular complexity index is 812. The molecule has 1 heterocycles.